The van der Waals surface area contributed by atoms with Crippen molar-refractivity contribution >= 4 is 58.9 Å². The average molecular weight is 732 g/mol. The molecule has 3 aromatic carbocycles. The Morgan fingerprint density at radius 2 is 1.24 bits per heavy atom. The highest BCUT2D eigenvalue weighted by Gasteiger charge is 2.34. The number of nitrogens with two attached hydrogens (primary N) is 1. The molecule has 2 fully saturated rings. The number of nitroso groups, excluding NO2 is 1. The number of nitrogens with zero attached hydrogens (tertiary/aromatic N) is 3. The number of fused-ring (bicyclic) bond motifs is 2. The summed E-state index contributed by atoms with van der Waals surface area (Å²) in [5, 5.41) is 4.47. The molecule has 1 unspecified atom stereocenters. The number of carbonyl (C=O) groups excluding carboxylic acids is 1. The molecule has 0 aliphatic carbocycles. The maximum atomic E-state index is 13.9. The fourth-order valence-electron chi connectivity index (χ4n) is 7.23. The third kappa shape index (κ3) is 7.67. The maximum absolute atomic E-state index is 13.9. The largest absolute Gasteiger partial charge is 0.435 e. The molecule has 3 aromatic rings. The SMILES string of the molecule is C[C@@H]1C[C@H](C)CN(S(=O)(=O)c2ccc3c(NOCOC(=O)C(N)C(C)(C)C)c4ccc(S(=O)(=O)N5C[C@H](C)C[C@H](C)C5)cc4c(N=O)c3c2)C1. The van der Waals surface area contributed by atoms with Crippen LogP contribution in [0.3, 0.4) is 0 Å². The molecule has 274 valence electrons. The number of hydrogen-bond donors (Lipinski definition) is 2. The topological polar surface area (TPSA) is 178 Å². The Balaban J connectivity index is 1.62. The Kier molecular flexibility index (Phi) is 11.0. The van der Waals surface area contributed by atoms with Crippen LogP contribution in [0.2, 0.25) is 0 Å². The first-order valence-electron chi connectivity index (χ1n) is 17.0. The first-order valence-corrected chi connectivity index (χ1v) is 19.9. The van der Waals surface area contributed by atoms with Crippen molar-refractivity contribution in [3.8, 4) is 0 Å². The molecule has 0 aromatic heterocycles. The summed E-state index contributed by atoms with van der Waals surface area (Å²) >= 11 is 0. The highest BCUT2D eigenvalue weighted by molar-refractivity contribution is 7.89. The van der Waals surface area contributed by atoms with Gasteiger partial charge in [0.15, 0.2) is 0 Å². The van der Waals surface area contributed by atoms with Crippen LogP contribution < -0.4 is 11.2 Å². The summed E-state index contributed by atoms with van der Waals surface area (Å²) in [5.41, 5.74) is 8.45. The molecule has 15 heteroatoms. The summed E-state index contributed by atoms with van der Waals surface area (Å²) in [6.45, 7) is 14.4. The third-order valence-corrected chi connectivity index (χ3v) is 13.3. The minimum absolute atomic E-state index is 0.0208. The fraction of sp³-hybridized carbons (Fsp3) is 0.571. The lowest BCUT2D eigenvalue weighted by atomic mass is 9.87. The summed E-state index contributed by atoms with van der Waals surface area (Å²) in [6.07, 6.45) is 1.84. The van der Waals surface area contributed by atoms with Gasteiger partial charge >= 0.3 is 5.97 Å². The molecule has 3 N–H and O–H groups in total. The lowest BCUT2D eigenvalue weighted by Gasteiger charge is -2.34. The van der Waals surface area contributed by atoms with Crippen LogP contribution in [0, 0.1) is 34.0 Å². The number of benzene rings is 3. The first kappa shape index (κ1) is 38.0. The lowest BCUT2D eigenvalue weighted by Crippen LogP contribution is -2.43. The molecule has 5 rings (SSSR count). The van der Waals surface area contributed by atoms with Gasteiger partial charge in [0.05, 0.1) is 15.5 Å². The van der Waals surface area contributed by atoms with Crippen molar-refractivity contribution in [2.45, 2.75) is 77.1 Å². The second-order valence-corrected chi connectivity index (χ2v) is 19.3. The number of piperidine rings is 2. The van der Waals surface area contributed by atoms with E-state index in [1.54, 1.807) is 32.9 Å². The van der Waals surface area contributed by atoms with Gasteiger partial charge in [-0.2, -0.15) is 8.61 Å². The summed E-state index contributed by atoms with van der Waals surface area (Å²) < 4.78 is 63.8. The highest BCUT2D eigenvalue weighted by atomic mass is 32.2. The molecule has 0 bridgehead atoms. The number of rotatable bonds is 10. The minimum atomic E-state index is -3.95. The Hall–Kier alpha value is -3.21. The molecule has 2 heterocycles. The molecule has 2 aliphatic heterocycles. The van der Waals surface area contributed by atoms with E-state index in [2.05, 4.69) is 10.7 Å². The predicted molar refractivity (Wildman–Crippen MR) is 193 cm³/mol. The van der Waals surface area contributed by atoms with Crippen molar-refractivity contribution in [2.75, 3.05) is 38.5 Å². The van der Waals surface area contributed by atoms with Crippen LogP contribution in [0.25, 0.3) is 21.5 Å². The van der Waals surface area contributed by atoms with Crippen LogP contribution >= 0.6 is 0 Å². The van der Waals surface area contributed by atoms with Gasteiger partial charge in [-0.1, -0.05) is 60.6 Å². The van der Waals surface area contributed by atoms with Gasteiger partial charge in [0.1, 0.15) is 11.7 Å². The van der Waals surface area contributed by atoms with E-state index < -0.39 is 44.3 Å². The normalized spacial score (nSPS) is 23.5. The van der Waals surface area contributed by atoms with E-state index in [1.807, 2.05) is 27.7 Å². The molecule has 0 amide bonds. The van der Waals surface area contributed by atoms with Crippen molar-refractivity contribution in [1.82, 2.24) is 8.61 Å². The van der Waals surface area contributed by atoms with Crippen molar-refractivity contribution in [2.24, 2.45) is 40.0 Å². The zero-order valence-corrected chi connectivity index (χ0v) is 31.4. The third-order valence-electron chi connectivity index (χ3n) is 9.69. The van der Waals surface area contributed by atoms with Crippen LogP contribution in [0.5, 0.6) is 0 Å². The van der Waals surface area contributed by atoms with Crippen LogP contribution in [-0.2, 0) is 34.4 Å². The number of esters is 1. The van der Waals surface area contributed by atoms with Gasteiger partial charge in [-0.15, -0.1) is 4.91 Å². The Bertz CT molecular complexity index is 1860. The molecule has 50 heavy (non-hydrogen) atoms. The van der Waals surface area contributed by atoms with E-state index in [1.165, 1.54) is 32.9 Å². The molecule has 2 aliphatic rings. The molecule has 5 atom stereocenters. The number of anilines is 1. The monoisotopic (exact) mass is 731 g/mol. The summed E-state index contributed by atoms with van der Waals surface area (Å²) in [6, 6.07) is 7.94. The molecular formula is C35H49N5O8S2. The first-order chi connectivity index (χ1) is 23.3. The minimum Gasteiger partial charge on any atom is -0.435 e. The molecule has 0 radical (unpaired) electrons. The Labute approximate surface area is 294 Å². The number of hydrogen-bond acceptors (Lipinski definition) is 11. The number of sulfonamides is 2. The van der Waals surface area contributed by atoms with Crippen LogP contribution in [0.4, 0.5) is 11.4 Å². The maximum Gasteiger partial charge on any atom is 0.325 e. The zero-order chi connectivity index (χ0) is 36.8. The Morgan fingerprint density at radius 1 is 0.820 bits per heavy atom. The standard InChI is InChI=1S/C35H49N5O8S2/c1-21-12-22(2)17-39(16-21)49(43,44)25-8-10-27-29(14-25)31(37-42)30-15-26(50(45,46)40-18-23(3)13-24(4)19-40)9-11-28(30)32(27)38-48-20-47-34(41)33(36)35(5,6)7/h8-11,14-15,21-24,33,38H,12-13,16-20,36H2,1-7H3/t21-,22+,23-,24+,33?. The van der Waals surface area contributed by atoms with E-state index in [0.717, 1.165) is 12.8 Å². The summed E-state index contributed by atoms with van der Waals surface area (Å²) in [5.74, 6) is 0.0439. The van der Waals surface area contributed by atoms with Gasteiger partial charge in [0.25, 0.3) is 0 Å². The van der Waals surface area contributed by atoms with E-state index in [0.29, 0.717) is 42.6 Å². The van der Waals surface area contributed by atoms with E-state index >= 15 is 0 Å². The molecule has 2 saturated heterocycles. The average Bonchev–Trinajstić information content (AvgIpc) is 3.03. The van der Waals surface area contributed by atoms with E-state index in [9.17, 15) is 26.5 Å². The summed E-state index contributed by atoms with van der Waals surface area (Å²) in [7, 11) is -7.90. The molecule has 13 nitrogen and oxygen atoms in total. The second kappa shape index (κ2) is 14.4. The predicted octanol–water partition coefficient (Wildman–Crippen LogP) is 5.94. The van der Waals surface area contributed by atoms with Gasteiger partial charge in [0.2, 0.25) is 26.8 Å². The van der Waals surface area contributed by atoms with Crippen LogP contribution in [0.1, 0.15) is 61.3 Å². The smallest absolute Gasteiger partial charge is 0.325 e. The van der Waals surface area contributed by atoms with Crippen LogP contribution in [-0.4, -0.2) is 70.4 Å². The quantitative estimate of drug-likeness (QED) is 0.0633. The molecule has 0 spiro atoms. The van der Waals surface area contributed by atoms with Crippen molar-refractivity contribution in [1.29, 1.82) is 0 Å². The molecule has 0 saturated carbocycles. The van der Waals surface area contributed by atoms with E-state index in [-0.39, 0.29) is 49.9 Å². The molecular weight excluding hydrogens is 683 g/mol. The van der Waals surface area contributed by atoms with Gasteiger partial charge in [-0.3, -0.25) is 10.3 Å². The van der Waals surface area contributed by atoms with Gasteiger partial charge in [0, 0.05) is 47.7 Å². The van der Waals surface area contributed by atoms with Gasteiger partial charge < -0.3 is 10.5 Å². The number of ether oxygens (including phenoxy) is 1. The van der Waals surface area contributed by atoms with E-state index in [4.69, 9.17) is 15.3 Å². The van der Waals surface area contributed by atoms with Gasteiger partial charge in [-0.05, 0) is 71.4 Å². The lowest BCUT2D eigenvalue weighted by molar-refractivity contribution is -0.158. The summed E-state index contributed by atoms with van der Waals surface area (Å²) in [4.78, 5) is 30.6. The zero-order valence-electron chi connectivity index (χ0n) is 29.8. The number of nitrogens with one attached hydrogen (secondary N) is 1. The fourth-order valence-corrected chi connectivity index (χ4v) is 10.6. The van der Waals surface area contributed by atoms with Crippen LogP contribution in [0.15, 0.2) is 51.4 Å². The highest BCUT2D eigenvalue weighted by Crippen LogP contribution is 2.44. The van der Waals surface area contributed by atoms with Crippen molar-refractivity contribution < 1.29 is 31.2 Å². The van der Waals surface area contributed by atoms with Crippen molar-refractivity contribution in [3.63, 3.8) is 0 Å². The Morgan fingerprint density at radius 3 is 1.62 bits per heavy atom. The number of carbonyl (C=O) groups is 1. The second-order valence-electron chi connectivity index (χ2n) is 15.4. The van der Waals surface area contributed by atoms with Crippen molar-refractivity contribution in [3.05, 3.63) is 41.3 Å². The van der Waals surface area contributed by atoms with Gasteiger partial charge in [-0.25, -0.2) is 21.7 Å².